The maximum atomic E-state index is 11.3. The molecule has 2 N–H and O–H groups in total. The summed E-state index contributed by atoms with van der Waals surface area (Å²) in [7, 11) is -5.59. The molecule has 2 aliphatic heterocycles. The van der Waals surface area contributed by atoms with Crippen molar-refractivity contribution in [1.82, 2.24) is 19.9 Å². The van der Waals surface area contributed by atoms with Crippen molar-refractivity contribution in [2.75, 3.05) is 0 Å². The van der Waals surface area contributed by atoms with Crippen molar-refractivity contribution >= 4 is 90.7 Å². The molecule has 0 spiro atoms. The van der Waals surface area contributed by atoms with Gasteiger partial charge in [-0.25, -0.2) is 8.42 Å². The second kappa shape index (κ2) is 17.9. The van der Waals surface area contributed by atoms with E-state index in [0.29, 0.717) is 89.4 Å². The van der Waals surface area contributed by atoms with Crippen LogP contribution < -0.4 is 16.7 Å². The summed E-state index contributed by atoms with van der Waals surface area (Å²) >= 11 is -5.59. The van der Waals surface area contributed by atoms with Gasteiger partial charge in [0.25, 0.3) is 0 Å². The Balaban J connectivity index is 1.39. The molecule has 2 aliphatic rings. The third kappa shape index (κ3) is 9.02. The maximum absolute atomic E-state index is 11.3. The number of aromatic amines is 2. The number of H-pyrrole nitrogens is 2. The Kier molecular flexibility index (Phi) is 11.8. The number of hydrogen-bond acceptors (Lipinski definition) is 12. The van der Waals surface area contributed by atoms with Gasteiger partial charge in [-0.1, -0.05) is 24.3 Å². The van der Waals surface area contributed by atoms with Crippen LogP contribution in [-0.2, 0) is 52.5 Å². The van der Waals surface area contributed by atoms with Gasteiger partial charge in [0.15, 0.2) is 0 Å². The van der Waals surface area contributed by atoms with E-state index in [1.54, 1.807) is 48.5 Å². The van der Waals surface area contributed by atoms with Gasteiger partial charge in [0.1, 0.15) is 34.2 Å². The van der Waals surface area contributed by atoms with Crippen molar-refractivity contribution in [3.8, 4) is 67.5 Å². The molecule has 0 fully saturated rings. The average molecular weight is 931 g/mol. The van der Waals surface area contributed by atoms with Gasteiger partial charge in [-0.05, 0) is 24.3 Å². The Bertz CT molecular complexity index is 3330. The first kappa shape index (κ1) is 42.2. The number of aromatic nitrogens is 4. The second-order valence-electron chi connectivity index (χ2n) is 13.7. The molecule has 0 radical (unpaired) electrons. The summed E-state index contributed by atoms with van der Waals surface area (Å²) < 4.78 is 110. The van der Waals surface area contributed by atoms with E-state index < -0.39 is 44.4 Å². The Morgan fingerprint density at radius 1 is 0.375 bits per heavy atom. The summed E-state index contributed by atoms with van der Waals surface area (Å²) in [5, 5.41) is 0. The van der Waals surface area contributed by atoms with Crippen LogP contribution in [0.2, 0.25) is 0 Å². The molecule has 0 saturated heterocycles. The summed E-state index contributed by atoms with van der Waals surface area (Å²) in [6, 6.07) is 33.3. The normalized spacial score (nSPS) is 12.6. The van der Waals surface area contributed by atoms with E-state index in [1.165, 1.54) is 48.5 Å². The number of benzene rings is 4. The molecule has 64 heavy (non-hydrogen) atoms. The van der Waals surface area contributed by atoms with Crippen LogP contribution in [0.1, 0.15) is 22.8 Å². The van der Waals surface area contributed by atoms with Crippen LogP contribution in [0, 0.1) is 0 Å². The minimum atomic E-state index is -2.79. The Labute approximate surface area is 371 Å². The summed E-state index contributed by atoms with van der Waals surface area (Å²) in [6.07, 6.45) is 7.36. The van der Waals surface area contributed by atoms with Crippen molar-refractivity contribution in [1.29, 1.82) is 0 Å². The largest absolute Gasteiger partial charge is 0.0505 e. The first-order valence-electron chi connectivity index (χ1n) is 18.6. The van der Waals surface area contributed by atoms with Crippen LogP contribution in [0.4, 0.5) is 0 Å². The molecule has 0 saturated carbocycles. The minimum Gasteiger partial charge on any atom is -0.0505 e. The molecular formula is C44H26N4O12S4. The van der Waals surface area contributed by atoms with Crippen LogP contribution in [-0.4, -0.2) is 45.9 Å². The summed E-state index contributed by atoms with van der Waals surface area (Å²) in [5.41, 5.74) is 9.70. The third-order valence-electron chi connectivity index (χ3n) is 9.98. The second-order valence-corrected chi connectivity index (χ2v) is 16.0. The number of fused-ring (bicyclic) bond motifs is 8. The summed E-state index contributed by atoms with van der Waals surface area (Å²) in [6.45, 7) is 0. The predicted molar refractivity (Wildman–Crippen MR) is 239 cm³/mol. The fourth-order valence-electron chi connectivity index (χ4n) is 7.44. The van der Waals surface area contributed by atoms with Crippen LogP contribution in [0.5, 0.6) is 23.0 Å². The van der Waals surface area contributed by atoms with Crippen molar-refractivity contribution in [2.45, 2.75) is 0 Å². The summed E-state index contributed by atoms with van der Waals surface area (Å²) in [5.74, 6) is 0.396. The zero-order valence-electron chi connectivity index (χ0n) is 32.3. The molecular weight excluding hydrogens is 905 g/mol. The van der Waals surface area contributed by atoms with Gasteiger partial charge in [-0.15, -0.1) is 0 Å². The molecule has 5 heterocycles. The minimum absolute atomic E-state index is 0.0990. The Hall–Kier alpha value is -7.14. The van der Waals surface area contributed by atoms with Crippen LogP contribution in [0.15, 0.2) is 121 Å². The molecule has 8 bridgehead atoms. The first-order valence-corrected chi connectivity index (χ1v) is 22.6. The van der Waals surface area contributed by atoms with E-state index in [2.05, 4.69) is 9.97 Å². The van der Waals surface area contributed by atoms with Gasteiger partial charge in [-0.2, -0.15) is 0 Å². The van der Waals surface area contributed by atoms with Crippen LogP contribution >= 0.6 is 0 Å². The fraction of sp³-hybridized carbons (Fsp3) is 0. The predicted octanol–water partition coefficient (Wildman–Crippen LogP) is 8.45. The van der Waals surface area contributed by atoms with E-state index >= 15 is 0 Å². The van der Waals surface area contributed by atoms with Crippen molar-refractivity contribution in [3.63, 3.8) is 0 Å². The molecule has 20 heteroatoms. The van der Waals surface area contributed by atoms with E-state index in [-0.39, 0.29) is 23.0 Å². The van der Waals surface area contributed by atoms with Crippen molar-refractivity contribution < 1.29 is 50.8 Å². The monoisotopic (exact) mass is 930 g/mol. The molecule has 7 aromatic rings. The van der Waals surface area contributed by atoms with Gasteiger partial charge in [0, 0.05) is 0 Å². The third-order valence-corrected chi connectivity index (χ3v) is 11.3. The number of hydrogen-bond donors (Lipinski definition) is 2. The molecule has 2 atom stereocenters. The molecule has 2 unspecified atom stereocenters. The molecule has 3 aromatic heterocycles. The maximum Gasteiger partial charge on any atom is -0.0177 e. The average Bonchev–Trinajstić information content (AvgIpc) is 4.11. The molecule has 16 nitrogen and oxygen atoms in total. The van der Waals surface area contributed by atoms with Gasteiger partial charge < -0.3 is 17.5 Å². The number of rotatable bonds is 10. The van der Waals surface area contributed by atoms with Crippen LogP contribution in [0.3, 0.4) is 0 Å². The van der Waals surface area contributed by atoms with E-state index in [4.69, 9.17) is 26.7 Å². The molecule has 318 valence electrons. The SMILES string of the molecule is O=S([O-])Oc1ccc(-c2c3nc(c(-c4ccc(OS(=O)#[O+])cc4)c4ccc([nH]4)c(-c4ccc(OS(=O)[O-])cc4)c4nc(c(-c5ccc(OS(=O)#[O+])cc5)c5ccc2[nH]5)C=C4)C=C3)cc1. The molecule has 4 aromatic carbocycles. The quantitative estimate of drug-likeness (QED) is 0.0968. The van der Waals surface area contributed by atoms with E-state index in [9.17, 15) is 34.0 Å². The smallest absolute Gasteiger partial charge is 0.0177 e. The molecule has 0 amide bonds. The zero-order chi connectivity index (χ0) is 44.5. The Morgan fingerprint density at radius 3 is 0.828 bits per heavy atom. The van der Waals surface area contributed by atoms with E-state index in [1.807, 2.05) is 48.6 Å². The van der Waals surface area contributed by atoms with Gasteiger partial charge >= 0.3 is 264 Å². The summed E-state index contributed by atoms with van der Waals surface area (Å²) in [4.78, 5) is 17.4. The first-order chi connectivity index (χ1) is 30.9. The standard InChI is InChI=1S/C44H26N4O12S4/c49-61(50)57-29-9-1-25(2-10-29)41-33-17-19-35(45-33)42(26-3-11-30(12-4-26)58-62(51)52)37-21-23-39(47-37)44(28-7-15-32(16-8-28)60-64(55)56)40-24-22-38(48-40)43(36-20-18-34(41)46-36)27-5-13-31(14-6-27)59-63(53)54/h1-24,45,48H. The number of nitrogens with zero attached hydrogens (tertiary/aromatic N) is 2. The molecule has 0 aliphatic carbocycles. The molecule has 9 rings (SSSR count). The van der Waals surface area contributed by atoms with E-state index in [0.717, 1.165) is 0 Å². The van der Waals surface area contributed by atoms with Crippen molar-refractivity contribution in [3.05, 3.63) is 144 Å². The topological polar surface area (TPSA) is 248 Å². The van der Waals surface area contributed by atoms with Gasteiger partial charge in [0.2, 0.25) is 0 Å². The van der Waals surface area contributed by atoms with Gasteiger partial charge in [-0.3, -0.25) is 0 Å². The fourth-order valence-corrected chi connectivity index (χ4v) is 8.52. The van der Waals surface area contributed by atoms with Crippen molar-refractivity contribution in [2.24, 2.45) is 0 Å². The van der Waals surface area contributed by atoms with Crippen LogP contribution in [0.25, 0.3) is 90.9 Å². The Morgan fingerprint density at radius 2 is 0.609 bits per heavy atom. The number of nitrogens with one attached hydrogen (secondary N) is 2. The van der Waals surface area contributed by atoms with Gasteiger partial charge in [0.05, 0.1) is 0 Å². The zero-order valence-corrected chi connectivity index (χ0v) is 35.5.